The van der Waals surface area contributed by atoms with E-state index in [1.54, 1.807) is 6.92 Å². The average Bonchev–Trinajstić information content (AvgIpc) is 2.85. The van der Waals surface area contributed by atoms with Crippen molar-refractivity contribution in [2.45, 2.75) is 27.2 Å². The number of halogens is 1. The van der Waals surface area contributed by atoms with Crippen molar-refractivity contribution in [2.24, 2.45) is 5.92 Å². The average molecular weight is 320 g/mol. The van der Waals surface area contributed by atoms with Gasteiger partial charge in [-0.1, -0.05) is 19.0 Å². The first-order valence-corrected chi connectivity index (χ1v) is 7.06. The number of rotatable bonds is 5. The molecule has 0 aliphatic rings. The van der Waals surface area contributed by atoms with E-state index in [4.69, 9.17) is 4.52 Å². The van der Waals surface area contributed by atoms with Gasteiger partial charge in [0.25, 0.3) is 5.91 Å². The number of aromatic nitrogens is 2. The predicted octanol–water partition coefficient (Wildman–Crippen LogP) is 2.75. The fourth-order valence-electron chi connectivity index (χ4n) is 1.85. The lowest BCUT2D eigenvalue weighted by atomic mass is 10.1. The molecule has 8 heteroatoms. The van der Waals surface area contributed by atoms with Gasteiger partial charge >= 0.3 is 6.01 Å². The van der Waals surface area contributed by atoms with Crippen molar-refractivity contribution >= 4 is 23.5 Å². The zero-order valence-corrected chi connectivity index (χ0v) is 13.0. The number of carbonyl (C=O) groups excluding carboxylic acids is 2. The van der Waals surface area contributed by atoms with Crippen LogP contribution in [0.25, 0.3) is 0 Å². The van der Waals surface area contributed by atoms with Gasteiger partial charge in [-0.05, 0) is 31.0 Å². The van der Waals surface area contributed by atoms with Gasteiger partial charge in [-0.2, -0.15) is 4.98 Å². The van der Waals surface area contributed by atoms with Crippen LogP contribution in [0, 0.1) is 18.7 Å². The second kappa shape index (κ2) is 6.99. The third-order valence-corrected chi connectivity index (χ3v) is 2.85. The molecule has 7 nitrogen and oxygen atoms in total. The number of hydrogen-bond acceptors (Lipinski definition) is 5. The number of carbonyl (C=O) groups is 2. The second-order valence-corrected chi connectivity index (χ2v) is 5.44. The third-order valence-electron chi connectivity index (χ3n) is 2.85. The van der Waals surface area contributed by atoms with E-state index < -0.39 is 11.7 Å². The number of nitrogens with zero attached hydrogens (tertiary/aromatic N) is 2. The Balaban J connectivity index is 2.06. The Labute approximate surface area is 132 Å². The third kappa shape index (κ3) is 4.60. The van der Waals surface area contributed by atoms with Crippen LogP contribution in [0.4, 0.5) is 16.1 Å². The van der Waals surface area contributed by atoms with Gasteiger partial charge in [0.2, 0.25) is 5.91 Å². The van der Waals surface area contributed by atoms with Crippen LogP contribution in [0.5, 0.6) is 0 Å². The SMILES string of the molecule is Cc1noc(NC(=O)c2ccc(NC(=O)CC(C)C)c(F)c2)n1. The Morgan fingerprint density at radius 3 is 2.61 bits per heavy atom. The van der Waals surface area contributed by atoms with Crippen LogP contribution in [-0.4, -0.2) is 22.0 Å². The Hall–Kier alpha value is -2.77. The van der Waals surface area contributed by atoms with Crippen molar-refractivity contribution in [3.8, 4) is 0 Å². The highest BCUT2D eigenvalue weighted by atomic mass is 19.1. The summed E-state index contributed by atoms with van der Waals surface area (Å²) < 4.78 is 18.8. The van der Waals surface area contributed by atoms with Crippen LogP contribution in [0.15, 0.2) is 22.7 Å². The largest absolute Gasteiger partial charge is 0.328 e. The van der Waals surface area contributed by atoms with Crippen molar-refractivity contribution in [3.05, 3.63) is 35.4 Å². The van der Waals surface area contributed by atoms with E-state index in [2.05, 4.69) is 20.8 Å². The molecule has 0 aliphatic heterocycles. The van der Waals surface area contributed by atoms with E-state index in [0.717, 1.165) is 6.07 Å². The van der Waals surface area contributed by atoms with Gasteiger partial charge in [-0.3, -0.25) is 14.9 Å². The van der Waals surface area contributed by atoms with Gasteiger partial charge in [0, 0.05) is 12.0 Å². The van der Waals surface area contributed by atoms with E-state index >= 15 is 0 Å². The van der Waals surface area contributed by atoms with Crippen LogP contribution < -0.4 is 10.6 Å². The first-order valence-electron chi connectivity index (χ1n) is 7.06. The van der Waals surface area contributed by atoms with Gasteiger partial charge in [-0.25, -0.2) is 4.39 Å². The zero-order valence-electron chi connectivity index (χ0n) is 13.0. The van der Waals surface area contributed by atoms with Gasteiger partial charge in [0.1, 0.15) is 5.82 Å². The van der Waals surface area contributed by atoms with Crippen molar-refractivity contribution in [2.75, 3.05) is 10.6 Å². The number of aryl methyl sites for hydroxylation is 1. The minimum Gasteiger partial charge on any atom is -0.324 e. The molecule has 0 atom stereocenters. The van der Waals surface area contributed by atoms with Crippen LogP contribution in [0.1, 0.15) is 36.5 Å². The molecule has 0 bridgehead atoms. The summed E-state index contributed by atoms with van der Waals surface area (Å²) in [5, 5.41) is 8.36. The van der Waals surface area contributed by atoms with Crippen molar-refractivity contribution in [3.63, 3.8) is 0 Å². The van der Waals surface area contributed by atoms with Crippen molar-refractivity contribution in [1.29, 1.82) is 0 Å². The Bertz CT molecular complexity index is 727. The molecule has 122 valence electrons. The fraction of sp³-hybridized carbons (Fsp3) is 0.333. The maximum absolute atomic E-state index is 14.0. The van der Waals surface area contributed by atoms with Crippen LogP contribution in [0.2, 0.25) is 0 Å². The van der Waals surface area contributed by atoms with E-state index in [9.17, 15) is 14.0 Å². The highest BCUT2D eigenvalue weighted by Gasteiger charge is 2.14. The number of anilines is 2. The van der Waals surface area contributed by atoms with E-state index in [1.807, 2.05) is 13.8 Å². The van der Waals surface area contributed by atoms with Crippen LogP contribution in [0.3, 0.4) is 0 Å². The molecule has 1 heterocycles. The smallest absolute Gasteiger partial charge is 0.324 e. The molecular weight excluding hydrogens is 303 g/mol. The van der Waals surface area contributed by atoms with E-state index in [1.165, 1.54) is 12.1 Å². The van der Waals surface area contributed by atoms with Crippen LogP contribution in [-0.2, 0) is 4.79 Å². The fourth-order valence-corrected chi connectivity index (χ4v) is 1.85. The maximum atomic E-state index is 14.0. The standard InChI is InChI=1S/C15H17FN4O3/c1-8(2)6-13(21)18-12-5-4-10(7-11(12)16)14(22)19-15-17-9(3)20-23-15/h4-5,7-8H,6H2,1-3H3,(H,18,21)(H,17,19,20,22). The highest BCUT2D eigenvalue weighted by molar-refractivity contribution is 6.03. The molecule has 1 aromatic heterocycles. The predicted molar refractivity (Wildman–Crippen MR) is 81.5 cm³/mol. The normalized spacial score (nSPS) is 10.7. The summed E-state index contributed by atoms with van der Waals surface area (Å²) in [6.07, 6.45) is 0.290. The number of benzene rings is 1. The molecule has 0 spiro atoms. The molecule has 1 aromatic carbocycles. The highest BCUT2D eigenvalue weighted by Crippen LogP contribution is 2.17. The van der Waals surface area contributed by atoms with Crippen molar-refractivity contribution < 1.29 is 18.5 Å². The molecule has 2 N–H and O–H groups in total. The summed E-state index contributed by atoms with van der Waals surface area (Å²) in [5.41, 5.74) is 0.0982. The maximum Gasteiger partial charge on any atom is 0.328 e. The Morgan fingerprint density at radius 2 is 2.04 bits per heavy atom. The number of hydrogen-bond donors (Lipinski definition) is 2. The Morgan fingerprint density at radius 1 is 1.30 bits per heavy atom. The molecule has 0 unspecified atom stereocenters. The number of nitrogens with one attached hydrogen (secondary N) is 2. The topological polar surface area (TPSA) is 97.1 Å². The molecule has 2 amide bonds. The summed E-state index contributed by atoms with van der Waals surface area (Å²) in [5.74, 6) is -1.03. The molecule has 0 aliphatic carbocycles. The van der Waals surface area contributed by atoms with E-state index in [0.29, 0.717) is 5.82 Å². The molecule has 23 heavy (non-hydrogen) atoms. The summed E-state index contributed by atoms with van der Waals surface area (Å²) in [7, 11) is 0. The molecule has 2 rings (SSSR count). The lowest BCUT2D eigenvalue weighted by Crippen LogP contribution is -2.16. The zero-order chi connectivity index (χ0) is 17.0. The lowest BCUT2D eigenvalue weighted by molar-refractivity contribution is -0.116. The Kier molecular flexibility index (Phi) is 5.05. The molecule has 0 fully saturated rings. The summed E-state index contributed by atoms with van der Waals surface area (Å²) in [6, 6.07) is 3.69. The minimum absolute atomic E-state index is 0.0286. The lowest BCUT2D eigenvalue weighted by Gasteiger charge is -2.09. The van der Waals surface area contributed by atoms with Crippen molar-refractivity contribution in [1.82, 2.24) is 10.1 Å². The number of amides is 2. The first-order chi connectivity index (χ1) is 10.8. The van der Waals surface area contributed by atoms with Gasteiger partial charge < -0.3 is 9.84 Å². The van der Waals surface area contributed by atoms with E-state index in [-0.39, 0.29) is 35.5 Å². The molecule has 0 saturated heterocycles. The minimum atomic E-state index is -0.698. The summed E-state index contributed by atoms with van der Waals surface area (Å²) in [4.78, 5) is 27.4. The second-order valence-electron chi connectivity index (χ2n) is 5.44. The molecule has 2 aromatic rings. The molecule has 0 saturated carbocycles. The molecule has 0 radical (unpaired) electrons. The molecular formula is C15H17FN4O3. The van der Waals surface area contributed by atoms with Gasteiger partial charge in [-0.15, -0.1) is 0 Å². The monoisotopic (exact) mass is 320 g/mol. The summed E-state index contributed by atoms with van der Waals surface area (Å²) >= 11 is 0. The van der Waals surface area contributed by atoms with Crippen LogP contribution >= 0.6 is 0 Å². The summed E-state index contributed by atoms with van der Waals surface area (Å²) in [6.45, 7) is 5.39. The van der Waals surface area contributed by atoms with Gasteiger partial charge in [0.05, 0.1) is 5.69 Å². The first kappa shape index (κ1) is 16.6. The quantitative estimate of drug-likeness (QED) is 0.883. The van der Waals surface area contributed by atoms with Gasteiger partial charge in [0.15, 0.2) is 5.82 Å².